The molecule has 9 nitrogen and oxygen atoms in total. The molecule has 0 amide bonds. The van der Waals surface area contributed by atoms with E-state index in [0.717, 1.165) is 16.7 Å². The molecule has 0 spiro atoms. The first kappa shape index (κ1) is 32.3. The van der Waals surface area contributed by atoms with Crippen LogP contribution in [0.3, 0.4) is 0 Å². The Morgan fingerprint density at radius 3 is 2.07 bits per heavy atom. The molecule has 228 valence electrons. The summed E-state index contributed by atoms with van der Waals surface area (Å²) in [6.45, 7) is 15.3. The van der Waals surface area contributed by atoms with Gasteiger partial charge in [-0.3, -0.25) is 0 Å². The molecule has 0 saturated carbocycles. The third-order valence-corrected chi connectivity index (χ3v) is 8.15. The third-order valence-electron chi connectivity index (χ3n) is 8.15. The van der Waals surface area contributed by atoms with Gasteiger partial charge in [-0.05, 0) is 75.7 Å². The number of hydrogen-bond donors (Lipinski definition) is 1. The van der Waals surface area contributed by atoms with Gasteiger partial charge in [0.15, 0.2) is 0 Å². The Morgan fingerprint density at radius 1 is 0.818 bits per heavy atom. The van der Waals surface area contributed by atoms with Crippen molar-refractivity contribution in [2.45, 2.75) is 53.4 Å². The monoisotopic (exact) mass is 630 g/mol. The largest absolute Gasteiger partial charge is 0.657 e. The smallest absolute Gasteiger partial charge is 0.127 e. The van der Waals surface area contributed by atoms with Crippen LogP contribution in [0.2, 0.25) is 0 Å². The molecule has 2 aliphatic heterocycles. The number of nitrogens with zero attached hydrogens (tertiary/aromatic N) is 4. The van der Waals surface area contributed by atoms with E-state index in [-0.39, 0.29) is 48.5 Å². The summed E-state index contributed by atoms with van der Waals surface area (Å²) in [6, 6.07) is 5.35. The molecule has 0 aliphatic carbocycles. The van der Waals surface area contributed by atoms with Crippen molar-refractivity contribution in [2.75, 3.05) is 0 Å². The van der Waals surface area contributed by atoms with Gasteiger partial charge in [0.25, 0.3) is 0 Å². The number of hydrogen-bond acceptors (Lipinski definition) is 7. The quantitative estimate of drug-likeness (QED) is 0.366. The van der Waals surface area contributed by atoms with E-state index in [1.54, 1.807) is 30.4 Å². The molecule has 5 rings (SSSR count). The van der Waals surface area contributed by atoms with E-state index in [1.165, 1.54) is 0 Å². The average Bonchev–Trinajstić information content (AvgIpc) is 3.63. The topological polar surface area (TPSA) is 154 Å². The van der Waals surface area contributed by atoms with Gasteiger partial charge in [0.1, 0.15) is 11.4 Å². The molecule has 2 aliphatic rings. The normalized spacial score (nSPS) is 12.7. The van der Waals surface area contributed by atoms with E-state index in [0.29, 0.717) is 72.7 Å². The van der Waals surface area contributed by atoms with Crippen LogP contribution < -0.4 is 20.2 Å². The molecule has 5 heterocycles. The number of carbonyl (C=O) groups is 2. The first-order valence-corrected chi connectivity index (χ1v) is 13.9. The number of rotatable bonds is 8. The van der Waals surface area contributed by atoms with Gasteiger partial charge in [-0.25, -0.2) is 9.97 Å². The number of carbonyl (C=O) groups excluding carboxylic acids is 2. The van der Waals surface area contributed by atoms with Gasteiger partial charge >= 0.3 is 0 Å². The summed E-state index contributed by atoms with van der Waals surface area (Å²) < 4.78 is 0. The zero-order valence-electron chi connectivity index (χ0n) is 24.9. The Bertz CT molecular complexity index is 1980. The van der Waals surface area contributed by atoms with Gasteiger partial charge in [0.05, 0.1) is 17.1 Å². The number of aromatic nitrogens is 4. The molecule has 0 aromatic carbocycles. The number of allylic oxidation sites excluding steroid dienone is 5. The van der Waals surface area contributed by atoms with Gasteiger partial charge in [-0.2, -0.15) is 0 Å². The van der Waals surface area contributed by atoms with E-state index < -0.39 is 11.9 Å². The molecule has 0 atom stereocenters. The molecule has 0 fully saturated rings. The van der Waals surface area contributed by atoms with Crippen LogP contribution in [0, 0.1) is 13.8 Å². The van der Waals surface area contributed by atoms with Crippen molar-refractivity contribution in [2.24, 2.45) is 0 Å². The molecule has 10 heteroatoms. The summed E-state index contributed by atoms with van der Waals surface area (Å²) in [6.07, 6.45) is 3.26. The maximum absolute atomic E-state index is 11.5. The summed E-state index contributed by atoms with van der Waals surface area (Å²) in [5.74, 6) is -2.47. The third kappa shape index (κ3) is 5.66. The predicted molar refractivity (Wildman–Crippen MR) is 163 cm³/mol. The van der Waals surface area contributed by atoms with Crippen LogP contribution in [-0.2, 0) is 33.1 Å². The van der Waals surface area contributed by atoms with Crippen LogP contribution in [0.15, 0.2) is 37.4 Å². The molecule has 3 aromatic heterocycles. The number of aromatic hydroxyl groups is 1. The van der Waals surface area contributed by atoms with Gasteiger partial charge < -0.3 is 34.9 Å². The number of aryl methyl sites for hydroxylation is 3. The molecule has 0 radical (unpaired) electrons. The van der Waals surface area contributed by atoms with E-state index in [4.69, 9.17) is 19.9 Å². The van der Waals surface area contributed by atoms with Gasteiger partial charge in [-0.1, -0.05) is 65.7 Å². The van der Waals surface area contributed by atoms with Crippen molar-refractivity contribution in [3.63, 3.8) is 0 Å². The minimum atomic E-state index is -1.18. The van der Waals surface area contributed by atoms with E-state index in [9.17, 15) is 24.9 Å². The van der Waals surface area contributed by atoms with Crippen molar-refractivity contribution in [1.82, 2.24) is 19.9 Å². The molecule has 44 heavy (non-hydrogen) atoms. The second-order valence-electron chi connectivity index (χ2n) is 10.7. The summed E-state index contributed by atoms with van der Waals surface area (Å²) >= 11 is 0. The fourth-order valence-corrected chi connectivity index (χ4v) is 5.69. The maximum Gasteiger partial charge on any atom is 0.127 e. The Labute approximate surface area is 265 Å². The summed E-state index contributed by atoms with van der Waals surface area (Å²) in [7, 11) is 0. The predicted octanol–water partition coefficient (Wildman–Crippen LogP) is 3.80. The fraction of sp³-hybridized carbons (Fsp3) is 0.235. The molecular weight excluding hydrogens is 600 g/mol. The van der Waals surface area contributed by atoms with Crippen LogP contribution >= 0.6 is 0 Å². The number of carboxylic acid groups (broad SMARTS) is 2. The minimum Gasteiger partial charge on any atom is -0.657 e. The molecule has 1 N–H and O–H groups in total. The van der Waals surface area contributed by atoms with Crippen molar-refractivity contribution in [1.29, 1.82) is 0 Å². The minimum absolute atomic E-state index is 0. The van der Waals surface area contributed by atoms with Crippen LogP contribution in [-0.4, -0.2) is 27.0 Å². The molecular formula is C34H30FeN4O5-4. The van der Waals surface area contributed by atoms with Gasteiger partial charge in [0.2, 0.25) is 0 Å². The SMILES string of the molecule is C=CC1=C(C)c2nc1cc1[n-]c(cc3nc(cc4[n-]c(c2O)c(C=C)c4C)C(C)=C3CCC(=O)[O-])c(CCC(=O)[O-])c1C.[Fe]. The van der Waals surface area contributed by atoms with Crippen molar-refractivity contribution >= 4 is 62.4 Å². The van der Waals surface area contributed by atoms with Crippen LogP contribution in [0.4, 0.5) is 0 Å². The first-order valence-electron chi connectivity index (χ1n) is 13.9. The number of aliphatic carboxylic acids is 2. The van der Waals surface area contributed by atoms with E-state index in [2.05, 4.69) is 13.2 Å². The Balaban J connectivity index is 0.00000442. The fourth-order valence-electron chi connectivity index (χ4n) is 5.69. The average molecular weight is 630 g/mol. The van der Waals surface area contributed by atoms with Gasteiger partial charge in [0, 0.05) is 34.6 Å². The van der Waals surface area contributed by atoms with E-state index in [1.807, 2.05) is 27.7 Å². The Kier molecular flexibility index (Phi) is 9.18. The summed E-state index contributed by atoms with van der Waals surface area (Å²) in [5, 5.41) is 34.3. The van der Waals surface area contributed by atoms with Gasteiger partial charge in [-0.15, -0.1) is 16.6 Å². The summed E-state index contributed by atoms with van der Waals surface area (Å²) in [5.41, 5.74) is 9.82. The van der Waals surface area contributed by atoms with Crippen molar-refractivity contribution in [3.05, 3.63) is 82.5 Å². The second-order valence-corrected chi connectivity index (χ2v) is 10.7. The van der Waals surface area contributed by atoms with Crippen LogP contribution in [0.1, 0.15) is 78.1 Å². The van der Waals surface area contributed by atoms with Crippen molar-refractivity contribution < 1.29 is 42.0 Å². The summed E-state index contributed by atoms with van der Waals surface area (Å²) in [4.78, 5) is 42.0. The molecule has 8 bridgehead atoms. The molecule has 0 saturated heterocycles. The molecule has 3 aromatic rings. The zero-order chi connectivity index (χ0) is 31.2. The standard InChI is InChI=1S/C34H34N4O5.Fe/c1-7-20-19(6)32-34(43)33-21(8-2)16(3)26(37-33)13-24-17(4)22(9-11-30(39)40)28(35-24)15-29-23(10-12-31(41)42)18(5)25(36-29)14-27(20)38-32;/h7-8,13-15H,1-2,9-12H2,3-6H3,(H5,35,36,37,38,39,40,41,42,43);/p-4. The first-order chi connectivity index (χ1) is 20.4. The number of fused-ring (bicyclic) bond motifs is 8. The number of carboxylic acids is 2. The maximum atomic E-state index is 11.5. The van der Waals surface area contributed by atoms with E-state index >= 15 is 0 Å². The Hall–Kier alpha value is -4.66. The molecule has 0 unspecified atom stereocenters. The van der Waals surface area contributed by atoms with Crippen LogP contribution in [0.5, 0.6) is 5.75 Å². The second kappa shape index (κ2) is 12.5. The Morgan fingerprint density at radius 2 is 1.43 bits per heavy atom. The van der Waals surface area contributed by atoms with Crippen LogP contribution in [0.25, 0.3) is 50.4 Å². The van der Waals surface area contributed by atoms with Crippen molar-refractivity contribution in [3.8, 4) is 5.75 Å². The zero-order valence-corrected chi connectivity index (χ0v) is 26.0.